The lowest BCUT2D eigenvalue weighted by Gasteiger charge is -2.19. The Morgan fingerprint density at radius 1 is 1.00 bits per heavy atom. The van der Waals surface area contributed by atoms with E-state index < -0.39 is 0 Å². The Labute approximate surface area is 137 Å². The van der Waals surface area contributed by atoms with Crippen LogP contribution in [0.1, 0.15) is 31.9 Å². The lowest BCUT2D eigenvalue weighted by Crippen LogP contribution is -2.30. The van der Waals surface area contributed by atoms with Gasteiger partial charge in [-0.2, -0.15) is 4.73 Å². The fourth-order valence-corrected chi connectivity index (χ4v) is 2.71. The minimum atomic E-state index is 0.0138. The molecule has 3 rings (SSSR count). The fraction of sp³-hybridized carbons (Fsp3) is 0.250. The summed E-state index contributed by atoms with van der Waals surface area (Å²) in [6.07, 6.45) is 3.63. The van der Waals surface area contributed by atoms with Crippen molar-refractivity contribution in [1.82, 2.24) is 4.57 Å². The van der Waals surface area contributed by atoms with Crippen molar-refractivity contribution in [2.75, 3.05) is 0 Å². The molecule has 118 valence electrons. The minimum absolute atomic E-state index is 0.0138. The Bertz CT molecular complexity index is 798. The van der Waals surface area contributed by atoms with Crippen molar-refractivity contribution >= 4 is 0 Å². The highest BCUT2D eigenvalue weighted by Crippen LogP contribution is 2.26. The smallest absolute Gasteiger partial charge is 0.240 e. The molecule has 0 atom stereocenters. The van der Waals surface area contributed by atoms with Gasteiger partial charge in [-0.1, -0.05) is 51.1 Å². The minimum Gasteiger partial charge on any atom is -0.618 e. The molecule has 0 amide bonds. The molecular weight excluding hydrogens is 284 g/mol. The first-order valence-corrected chi connectivity index (χ1v) is 7.88. The molecule has 0 aliphatic heterocycles. The third-order valence-electron chi connectivity index (χ3n) is 4.07. The van der Waals surface area contributed by atoms with E-state index >= 15 is 0 Å². The molecule has 1 aromatic carbocycles. The zero-order valence-corrected chi connectivity index (χ0v) is 13.9. The van der Waals surface area contributed by atoms with Gasteiger partial charge in [0.25, 0.3) is 0 Å². The molecule has 0 unspecified atom stereocenters. The molecule has 0 spiro atoms. The van der Waals surface area contributed by atoms with E-state index in [4.69, 9.17) is 0 Å². The van der Waals surface area contributed by atoms with Crippen molar-refractivity contribution in [3.8, 4) is 11.4 Å². The number of nitrogens with zero attached hydrogens (tertiary/aromatic N) is 2. The lowest BCUT2D eigenvalue weighted by molar-refractivity contribution is -0.594. The van der Waals surface area contributed by atoms with Crippen molar-refractivity contribution < 1.29 is 4.73 Å². The Morgan fingerprint density at radius 2 is 1.74 bits per heavy atom. The first-order chi connectivity index (χ1) is 10.9. The third-order valence-corrected chi connectivity index (χ3v) is 4.07. The highest BCUT2D eigenvalue weighted by molar-refractivity contribution is 5.54. The molecule has 0 bridgehead atoms. The van der Waals surface area contributed by atoms with Crippen molar-refractivity contribution in [2.24, 2.45) is 0 Å². The molecule has 2 aromatic heterocycles. The number of aromatic nitrogens is 2. The number of pyridine rings is 1. The van der Waals surface area contributed by atoms with E-state index in [0.29, 0.717) is 5.69 Å². The molecule has 2 heterocycles. The van der Waals surface area contributed by atoms with Gasteiger partial charge in [0.15, 0.2) is 6.20 Å². The average Bonchev–Trinajstić information content (AvgIpc) is 2.95. The van der Waals surface area contributed by atoms with Crippen molar-refractivity contribution in [1.29, 1.82) is 0 Å². The van der Waals surface area contributed by atoms with E-state index in [1.807, 2.05) is 48.7 Å². The van der Waals surface area contributed by atoms with E-state index in [9.17, 15) is 5.21 Å². The lowest BCUT2D eigenvalue weighted by atomic mass is 9.87. The van der Waals surface area contributed by atoms with Crippen LogP contribution in [0.25, 0.3) is 11.4 Å². The van der Waals surface area contributed by atoms with Gasteiger partial charge in [0.2, 0.25) is 5.69 Å². The topological polar surface area (TPSA) is 31.9 Å². The first kappa shape index (κ1) is 15.3. The second-order valence-corrected chi connectivity index (χ2v) is 6.88. The Hall–Kier alpha value is -2.55. The molecule has 0 aliphatic rings. The SMILES string of the molecule is CC(C)(C)c1cc[n+]([O-])c(-c2cccn2Cc2ccccc2)c1. The molecule has 3 aromatic rings. The van der Waals surface area contributed by atoms with E-state index in [0.717, 1.165) is 22.5 Å². The summed E-state index contributed by atoms with van der Waals surface area (Å²) in [7, 11) is 0. The van der Waals surface area contributed by atoms with Crippen LogP contribution in [0.15, 0.2) is 67.0 Å². The molecule has 0 fully saturated rings. The van der Waals surface area contributed by atoms with Crippen LogP contribution in [0.5, 0.6) is 0 Å². The van der Waals surface area contributed by atoms with E-state index in [1.165, 1.54) is 5.56 Å². The summed E-state index contributed by atoms with van der Waals surface area (Å²) < 4.78 is 3.07. The molecule has 3 heteroatoms. The van der Waals surface area contributed by atoms with E-state index in [-0.39, 0.29) is 5.41 Å². The quantitative estimate of drug-likeness (QED) is 0.529. The van der Waals surface area contributed by atoms with Gasteiger partial charge >= 0.3 is 0 Å². The third kappa shape index (κ3) is 3.29. The van der Waals surface area contributed by atoms with Crippen LogP contribution < -0.4 is 4.73 Å². The average molecular weight is 306 g/mol. The Balaban J connectivity index is 2.02. The van der Waals surface area contributed by atoms with Crippen LogP contribution in [0.3, 0.4) is 0 Å². The predicted octanol–water partition coefficient (Wildman–Crippen LogP) is 4.13. The second kappa shape index (κ2) is 5.92. The molecule has 0 radical (unpaired) electrons. The Kier molecular flexibility index (Phi) is 3.95. The summed E-state index contributed by atoms with van der Waals surface area (Å²) in [6.45, 7) is 7.22. The molecular formula is C20H22N2O. The maximum absolute atomic E-state index is 12.3. The maximum atomic E-state index is 12.3. The summed E-state index contributed by atoms with van der Waals surface area (Å²) in [5, 5.41) is 12.3. The summed E-state index contributed by atoms with van der Waals surface area (Å²) in [4.78, 5) is 0. The van der Waals surface area contributed by atoms with Crippen molar-refractivity contribution in [3.63, 3.8) is 0 Å². The molecule has 0 saturated heterocycles. The van der Waals surface area contributed by atoms with Crippen molar-refractivity contribution in [3.05, 3.63) is 83.3 Å². The van der Waals surface area contributed by atoms with Crippen LogP contribution in [0.2, 0.25) is 0 Å². The first-order valence-electron chi connectivity index (χ1n) is 7.88. The number of benzene rings is 1. The second-order valence-electron chi connectivity index (χ2n) is 6.88. The number of hydrogen-bond acceptors (Lipinski definition) is 1. The summed E-state index contributed by atoms with van der Waals surface area (Å²) in [5.41, 5.74) is 4.02. The van der Waals surface area contributed by atoms with Gasteiger partial charge in [-0.3, -0.25) is 0 Å². The van der Waals surface area contributed by atoms with E-state index in [1.54, 1.807) is 6.20 Å². The van der Waals surface area contributed by atoms with Crippen LogP contribution in [-0.4, -0.2) is 4.57 Å². The van der Waals surface area contributed by atoms with Gasteiger partial charge in [0, 0.05) is 24.9 Å². The molecule has 0 N–H and O–H groups in total. The zero-order chi connectivity index (χ0) is 16.4. The maximum Gasteiger partial charge on any atom is 0.240 e. The summed E-state index contributed by atoms with van der Waals surface area (Å²) in [5.74, 6) is 0. The van der Waals surface area contributed by atoms with Gasteiger partial charge in [0.1, 0.15) is 5.69 Å². The van der Waals surface area contributed by atoms with E-state index in [2.05, 4.69) is 37.5 Å². The monoisotopic (exact) mass is 306 g/mol. The highest BCUT2D eigenvalue weighted by Gasteiger charge is 2.20. The molecule has 3 nitrogen and oxygen atoms in total. The summed E-state index contributed by atoms with van der Waals surface area (Å²) >= 11 is 0. The van der Waals surface area contributed by atoms with Crippen LogP contribution in [-0.2, 0) is 12.0 Å². The number of hydrogen-bond donors (Lipinski definition) is 0. The number of rotatable bonds is 3. The molecule has 0 aliphatic carbocycles. The Morgan fingerprint density at radius 3 is 2.43 bits per heavy atom. The van der Waals surface area contributed by atoms with Crippen LogP contribution >= 0.6 is 0 Å². The summed E-state index contributed by atoms with van der Waals surface area (Å²) in [6, 6.07) is 18.2. The normalized spacial score (nSPS) is 11.6. The van der Waals surface area contributed by atoms with Crippen LogP contribution in [0.4, 0.5) is 0 Å². The van der Waals surface area contributed by atoms with Gasteiger partial charge in [-0.15, -0.1) is 0 Å². The standard InChI is InChI=1S/C20H22N2O/c1-20(2,3)17-11-13-22(23)19(14-17)18-10-7-12-21(18)15-16-8-5-4-6-9-16/h4-14H,15H2,1-3H3. The molecule has 0 saturated carbocycles. The van der Waals surface area contributed by atoms with Gasteiger partial charge in [0.05, 0.1) is 0 Å². The largest absolute Gasteiger partial charge is 0.618 e. The van der Waals surface area contributed by atoms with Crippen molar-refractivity contribution in [2.45, 2.75) is 32.7 Å². The zero-order valence-electron chi connectivity index (χ0n) is 13.9. The predicted molar refractivity (Wildman–Crippen MR) is 93.1 cm³/mol. The highest BCUT2D eigenvalue weighted by atomic mass is 16.5. The van der Waals surface area contributed by atoms with Crippen LogP contribution in [0, 0.1) is 5.21 Å². The van der Waals surface area contributed by atoms with Gasteiger partial charge < -0.3 is 9.77 Å². The molecule has 23 heavy (non-hydrogen) atoms. The fourth-order valence-electron chi connectivity index (χ4n) is 2.71. The van der Waals surface area contributed by atoms with Gasteiger partial charge in [-0.05, 0) is 28.7 Å². The van der Waals surface area contributed by atoms with Gasteiger partial charge in [-0.25, -0.2) is 0 Å².